The van der Waals surface area contributed by atoms with Crippen molar-refractivity contribution in [2.24, 2.45) is 0 Å². The van der Waals surface area contributed by atoms with Crippen LogP contribution in [0, 0.1) is 22.7 Å². The standard InChI is InChI=1S/C16H4F6N4O4/c17-15(18,19)3-25-11(27)7-5(1-23)8-10(6(2-24)9(7)13(25)29)14(30)26(12(8)28)4-16(20,21)22/h3-4H2. The Labute approximate surface area is 158 Å². The lowest BCUT2D eigenvalue weighted by Crippen LogP contribution is -2.33. The van der Waals surface area contributed by atoms with Gasteiger partial charge in [0.05, 0.1) is 32.7 Å². The minimum absolute atomic E-state index is 0.329. The van der Waals surface area contributed by atoms with Gasteiger partial charge >= 0.3 is 12.4 Å². The van der Waals surface area contributed by atoms with E-state index in [-0.39, 0.29) is 9.13 Å². The number of benzene rings is 1. The van der Waals surface area contributed by atoms with Crippen LogP contribution in [0.2, 0.25) is 0 Å². The Balaban J connectivity index is 2.66. The van der Waals surface area contributed by atoms with Gasteiger partial charge in [0.15, 0.2) is 0 Å². The van der Waals surface area contributed by atoms with Crippen molar-refractivity contribution in [1.82, 2.24) is 9.13 Å². The Morgan fingerprint density at radius 2 is 0.833 bits per heavy atom. The highest BCUT2D eigenvalue weighted by atomic mass is 19.4. The number of nitriles is 2. The zero-order chi connectivity index (χ0) is 22.8. The van der Waals surface area contributed by atoms with Gasteiger partial charge in [0, 0.05) is 0 Å². The second kappa shape index (κ2) is 6.28. The molecular formula is C16H4F6N4O4. The maximum atomic E-state index is 12.7. The first kappa shape index (κ1) is 20.8. The van der Waals surface area contributed by atoms with E-state index in [4.69, 9.17) is 0 Å². The number of halogens is 6. The summed E-state index contributed by atoms with van der Waals surface area (Å²) in [7, 11) is 0. The predicted molar refractivity (Wildman–Crippen MR) is 86.4 cm³/mol. The summed E-state index contributed by atoms with van der Waals surface area (Å²) < 4.78 is 75.6. The van der Waals surface area contributed by atoms with E-state index in [0.717, 1.165) is 0 Å². The van der Waals surface area contributed by atoms with Crippen LogP contribution in [0.4, 0.5) is 26.3 Å². The summed E-state index contributed by atoms with van der Waals surface area (Å²) in [5, 5.41) is 14.5. The summed E-state index contributed by atoms with van der Waals surface area (Å²) in [5.74, 6) is 0. The molecule has 0 radical (unpaired) electrons. The Kier molecular flexibility index (Phi) is 4.35. The highest BCUT2D eigenvalue weighted by molar-refractivity contribution is 6.09. The molecule has 0 atom stereocenters. The highest BCUT2D eigenvalue weighted by Gasteiger charge is 2.36. The molecule has 0 N–H and O–H groups in total. The average molecular weight is 430 g/mol. The van der Waals surface area contributed by atoms with Crippen LogP contribution in [0.5, 0.6) is 0 Å². The van der Waals surface area contributed by atoms with E-state index in [1.54, 1.807) is 0 Å². The SMILES string of the molecule is N#Cc1c2c(=O)n(CC(F)(F)F)c(=O)c2c(C#N)c2c(=O)n(CC(F)(F)F)c(=O)c12. The zero-order valence-corrected chi connectivity index (χ0v) is 14.1. The molecule has 0 aliphatic carbocycles. The number of hydrogen-bond acceptors (Lipinski definition) is 6. The quantitative estimate of drug-likeness (QED) is 0.554. The normalized spacial score (nSPS) is 12.4. The fraction of sp³-hybridized carbons (Fsp3) is 0.250. The fourth-order valence-electron chi connectivity index (χ4n) is 3.20. The Morgan fingerprint density at radius 3 is 1.00 bits per heavy atom. The largest absolute Gasteiger partial charge is 0.406 e. The fourth-order valence-corrected chi connectivity index (χ4v) is 3.20. The van der Waals surface area contributed by atoms with Crippen molar-refractivity contribution in [1.29, 1.82) is 10.5 Å². The van der Waals surface area contributed by atoms with Gasteiger partial charge in [-0.05, 0) is 0 Å². The summed E-state index contributed by atoms with van der Waals surface area (Å²) in [6.45, 7) is -4.16. The first-order valence-corrected chi connectivity index (χ1v) is 7.63. The van der Waals surface area contributed by atoms with Gasteiger partial charge in [0.1, 0.15) is 25.2 Å². The Hall–Kier alpha value is -3.94. The van der Waals surface area contributed by atoms with Crippen molar-refractivity contribution in [2.45, 2.75) is 25.4 Å². The molecule has 0 spiro atoms. The first-order valence-electron chi connectivity index (χ1n) is 7.63. The molecule has 3 rings (SSSR count). The van der Waals surface area contributed by atoms with Crippen molar-refractivity contribution in [3.05, 3.63) is 52.5 Å². The van der Waals surface area contributed by atoms with Crippen LogP contribution in [0.25, 0.3) is 21.5 Å². The predicted octanol–water partition coefficient (Wildman–Crippen LogP) is 0.780. The maximum absolute atomic E-state index is 12.7. The van der Waals surface area contributed by atoms with Crippen molar-refractivity contribution < 1.29 is 26.3 Å². The van der Waals surface area contributed by atoms with Gasteiger partial charge in [-0.1, -0.05) is 0 Å². The lowest BCUT2D eigenvalue weighted by molar-refractivity contribution is -0.142. The van der Waals surface area contributed by atoms with Gasteiger partial charge in [-0.15, -0.1) is 0 Å². The zero-order valence-electron chi connectivity index (χ0n) is 14.1. The number of nitrogens with zero attached hydrogens (tertiary/aromatic N) is 4. The third-order valence-corrected chi connectivity index (χ3v) is 4.23. The third kappa shape index (κ3) is 2.93. The molecule has 0 saturated carbocycles. The molecule has 2 aromatic heterocycles. The van der Waals surface area contributed by atoms with Crippen molar-refractivity contribution >= 4 is 21.5 Å². The molecule has 3 aromatic rings. The minimum Gasteiger partial charge on any atom is -0.269 e. The van der Waals surface area contributed by atoms with Crippen molar-refractivity contribution in [3.63, 3.8) is 0 Å². The monoisotopic (exact) mass is 430 g/mol. The molecule has 0 bridgehead atoms. The first-order chi connectivity index (χ1) is 13.7. The van der Waals surface area contributed by atoms with Crippen LogP contribution >= 0.6 is 0 Å². The third-order valence-electron chi connectivity index (χ3n) is 4.23. The van der Waals surface area contributed by atoms with E-state index >= 15 is 0 Å². The second-order valence-corrected chi connectivity index (χ2v) is 6.10. The molecule has 2 heterocycles. The number of rotatable bonds is 2. The molecule has 0 fully saturated rings. The van der Waals surface area contributed by atoms with Crippen LogP contribution in [0.15, 0.2) is 19.2 Å². The molecule has 154 valence electrons. The van der Waals surface area contributed by atoms with Crippen molar-refractivity contribution in [2.75, 3.05) is 0 Å². The Bertz CT molecular complexity index is 1320. The molecule has 0 aliphatic rings. The lowest BCUT2D eigenvalue weighted by Gasteiger charge is -2.04. The highest BCUT2D eigenvalue weighted by Crippen LogP contribution is 2.27. The number of hydrogen-bond donors (Lipinski definition) is 0. The van der Waals surface area contributed by atoms with E-state index in [1.165, 1.54) is 12.1 Å². The molecule has 0 saturated heterocycles. The van der Waals surface area contributed by atoms with Crippen LogP contribution < -0.4 is 22.2 Å². The lowest BCUT2D eigenvalue weighted by atomic mass is 9.98. The van der Waals surface area contributed by atoms with E-state index in [9.17, 15) is 56.0 Å². The Morgan fingerprint density at radius 1 is 0.600 bits per heavy atom. The molecular weight excluding hydrogens is 426 g/mol. The van der Waals surface area contributed by atoms with E-state index in [0.29, 0.717) is 0 Å². The smallest absolute Gasteiger partial charge is 0.269 e. The molecule has 8 nitrogen and oxygen atoms in total. The van der Waals surface area contributed by atoms with E-state index in [2.05, 4.69) is 0 Å². The summed E-state index contributed by atoms with van der Waals surface area (Å²) in [6, 6.07) is 2.55. The van der Waals surface area contributed by atoms with Crippen molar-refractivity contribution in [3.8, 4) is 12.1 Å². The van der Waals surface area contributed by atoms with Gasteiger partial charge in [0.25, 0.3) is 22.2 Å². The molecule has 1 aromatic carbocycles. The van der Waals surface area contributed by atoms with Gasteiger partial charge < -0.3 is 0 Å². The summed E-state index contributed by atoms with van der Waals surface area (Å²) in [4.78, 5) is 49.5. The maximum Gasteiger partial charge on any atom is 0.406 e. The van der Waals surface area contributed by atoms with Gasteiger partial charge in [-0.2, -0.15) is 36.9 Å². The topological polar surface area (TPSA) is 126 Å². The van der Waals surface area contributed by atoms with Crippen LogP contribution in [0.1, 0.15) is 11.1 Å². The van der Waals surface area contributed by atoms with Gasteiger partial charge in [-0.3, -0.25) is 28.3 Å². The van der Waals surface area contributed by atoms with E-state index < -0.39 is 80.4 Å². The molecule has 0 unspecified atom stereocenters. The number of fused-ring (bicyclic) bond motifs is 2. The summed E-state index contributed by atoms with van der Waals surface area (Å²) in [5.41, 5.74) is -8.78. The number of aromatic nitrogens is 2. The van der Waals surface area contributed by atoms with Crippen LogP contribution in [0.3, 0.4) is 0 Å². The molecule has 0 aliphatic heterocycles. The summed E-state index contributed by atoms with van der Waals surface area (Å²) in [6.07, 6.45) is -10.1. The van der Waals surface area contributed by atoms with Crippen LogP contribution in [-0.2, 0) is 13.1 Å². The molecule has 0 amide bonds. The van der Waals surface area contributed by atoms with Gasteiger partial charge in [0.2, 0.25) is 0 Å². The molecule has 30 heavy (non-hydrogen) atoms. The van der Waals surface area contributed by atoms with E-state index in [1.807, 2.05) is 0 Å². The molecule has 14 heteroatoms. The van der Waals surface area contributed by atoms with Gasteiger partial charge in [-0.25, -0.2) is 0 Å². The number of alkyl halides is 6. The average Bonchev–Trinajstić information content (AvgIpc) is 2.99. The second-order valence-electron chi connectivity index (χ2n) is 6.10. The van der Waals surface area contributed by atoms with Crippen LogP contribution in [-0.4, -0.2) is 21.5 Å². The summed E-state index contributed by atoms with van der Waals surface area (Å²) >= 11 is 0. The minimum atomic E-state index is -5.05.